The van der Waals surface area contributed by atoms with Gasteiger partial charge in [0, 0.05) is 6.04 Å². The summed E-state index contributed by atoms with van der Waals surface area (Å²) in [5.41, 5.74) is 9.06. The summed E-state index contributed by atoms with van der Waals surface area (Å²) in [6.45, 7) is 9.06. The second kappa shape index (κ2) is 6.48. The summed E-state index contributed by atoms with van der Waals surface area (Å²) in [6.07, 6.45) is 5.80. The zero-order chi connectivity index (χ0) is 15.6. The lowest BCUT2D eigenvalue weighted by Gasteiger charge is -2.38. The van der Waals surface area contributed by atoms with Crippen molar-refractivity contribution in [3.63, 3.8) is 0 Å². The molecule has 1 aromatic carbocycles. The first kappa shape index (κ1) is 16.5. The number of nitrogens with two attached hydrogens (primary N) is 1. The van der Waals surface area contributed by atoms with Gasteiger partial charge in [-0.05, 0) is 79.5 Å². The molecular weight excluding hydrogens is 261 g/mol. The molecule has 0 radical (unpaired) electrons. The molecular formula is C19H30FN. The van der Waals surface area contributed by atoms with Crippen LogP contribution in [-0.2, 0) is 6.42 Å². The van der Waals surface area contributed by atoms with E-state index in [0.717, 1.165) is 23.5 Å². The monoisotopic (exact) mass is 291 g/mol. The lowest BCUT2D eigenvalue weighted by molar-refractivity contribution is 0.139. The van der Waals surface area contributed by atoms with Gasteiger partial charge in [-0.1, -0.05) is 26.8 Å². The average Bonchev–Trinajstić information content (AvgIpc) is 2.42. The van der Waals surface area contributed by atoms with Crippen LogP contribution in [0.2, 0.25) is 0 Å². The van der Waals surface area contributed by atoms with Crippen molar-refractivity contribution in [2.45, 2.75) is 65.8 Å². The van der Waals surface area contributed by atoms with Gasteiger partial charge in [-0.3, -0.25) is 0 Å². The zero-order valence-electron chi connectivity index (χ0n) is 14.0. The van der Waals surface area contributed by atoms with Crippen LogP contribution in [0.5, 0.6) is 0 Å². The molecule has 0 aliphatic heterocycles. The summed E-state index contributed by atoms with van der Waals surface area (Å²) in [7, 11) is 0. The molecule has 0 heterocycles. The lowest BCUT2D eigenvalue weighted by Crippen LogP contribution is -2.37. The van der Waals surface area contributed by atoms with Gasteiger partial charge in [0.1, 0.15) is 5.82 Å². The molecule has 1 nitrogen and oxygen atoms in total. The van der Waals surface area contributed by atoms with Gasteiger partial charge in [0.15, 0.2) is 0 Å². The SMILES string of the molecule is Cc1ccc(F)cc1CC(N)C1CCC(C(C)(C)C)CC1. The Morgan fingerprint density at radius 2 is 1.81 bits per heavy atom. The highest BCUT2D eigenvalue weighted by Gasteiger charge is 2.31. The summed E-state index contributed by atoms with van der Waals surface area (Å²) in [5.74, 6) is 1.25. The molecule has 0 saturated heterocycles. The summed E-state index contributed by atoms with van der Waals surface area (Å²) in [4.78, 5) is 0. The number of aryl methyl sites for hydroxylation is 1. The van der Waals surface area contributed by atoms with Crippen LogP contribution in [0.3, 0.4) is 0 Å². The van der Waals surface area contributed by atoms with Crippen LogP contribution < -0.4 is 5.73 Å². The molecule has 21 heavy (non-hydrogen) atoms. The van der Waals surface area contributed by atoms with Gasteiger partial charge in [-0.2, -0.15) is 0 Å². The molecule has 2 rings (SSSR count). The summed E-state index contributed by atoms with van der Waals surface area (Å²) in [6, 6.07) is 5.19. The smallest absolute Gasteiger partial charge is 0.123 e. The van der Waals surface area contributed by atoms with E-state index in [1.807, 2.05) is 13.0 Å². The largest absolute Gasteiger partial charge is 0.327 e. The van der Waals surface area contributed by atoms with Gasteiger partial charge in [0.05, 0.1) is 0 Å². The van der Waals surface area contributed by atoms with E-state index in [4.69, 9.17) is 5.73 Å². The van der Waals surface area contributed by atoms with Crippen LogP contribution in [0.1, 0.15) is 57.6 Å². The minimum atomic E-state index is -0.153. The zero-order valence-corrected chi connectivity index (χ0v) is 14.0. The molecule has 118 valence electrons. The topological polar surface area (TPSA) is 26.0 Å². The Kier molecular flexibility index (Phi) is 5.08. The molecule has 1 aliphatic rings. The van der Waals surface area contributed by atoms with E-state index >= 15 is 0 Å². The third-order valence-electron chi connectivity index (χ3n) is 5.37. The second-order valence-corrected chi connectivity index (χ2v) is 7.92. The Morgan fingerprint density at radius 3 is 2.38 bits per heavy atom. The molecule has 0 amide bonds. The maximum atomic E-state index is 13.4. The van der Waals surface area contributed by atoms with E-state index in [1.54, 1.807) is 6.07 Å². The summed E-state index contributed by atoms with van der Waals surface area (Å²) < 4.78 is 13.4. The van der Waals surface area contributed by atoms with E-state index < -0.39 is 0 Å². The van der Waals surface area contributed by atoms with Crippen molar-refractivity contribution < 1.29 is 4.39 Å². The molecule has 1 saturated carbocycles. The second-order valence-electron chi connectivity index (χ2n) is 7.92. The Bertz CT molecular complexity index is 467. The van der Waals surface area contributed by atoms with Gasteiger partial charge in [0.2, 0.25) is 0 Å². The number of benzene rings is 1. The van der Waals surface area contributed by atoms with E-state index in [2.05, 4.69) is 20.8 Å². The van der Waals surface area contributed by atoms with Crippen LogP contribution in [0.4, 0.5) is 4.39 Å². The third kappa shape index (κ3) is 4.29. The highest BCUT2D eigenvalue weighted by molar-refractivity contribution is 5.27. The van der Waals surface area contributed by atoms with Crippen molar-refractivity contribution in [2.24, 2.45) is 23.0 Å². The first-order valence-corrected chi connectivity index (χ1v) is 8.28. The van der Waals surface area contributed by atoms with Crippen molar-refractivity contribution >= 4 is 0 Å². The fraction of sp³-hybridized carbons (Fsp3) is 0.684. The molecule has 1 unspecified atom stereocenters. The molecule has 1 atom stereocenters. The molecule has 0 aromatic heterocycles. The Morgan fingerprint density at radius 1 is 1.19 bits per heavy atom. The van der Waals surface area contributed by atoms with Crippen LogP contribution in [0, 0.1) is 30.0 Å². The predicted molar refractivity (Wildman–Crippen MR) is 87.7 cm³/mol. The first-order chi connectivity index (χ1) is 9.77. The Labute approximate surface area is 129 Å². The molecule has 1 aliphatic carbocycles. The maximum Gasteiger partial charge on any atom is 0.123 e. The highest BCUT2D eigenvalue weighted by Crippen LogP contribution is 2.40. The fourth-order valence-corrected chi connectivity index (χ4v) is 3.69. The van der Waals surface area contributed by atoms with E-state index in [1.165, 1.54) is 31.7 Å². The van der Waals surface area contributed by atoms with E-state index in [0.29, 0.717) is 11.3 Å². The number of hydrogen-bond donors (Lipinski definition) is 1. The van der Waals surface area contributed by atoms with Crippen LogP contribution in [0.25, 0.3) is 0 Å². The standard InChI is InChI=1S/C19H30FN/c1-13-5-10-17(20)11-15(13)12-18(21)14-6-8-16(9-7-14)19(2,3)4/h5,10-11,14,16,18H,6-9,12,21H2,1-4H3. The highest BCUT2D eigenvalue weighted by atomic mass is 19.1. The van der Waals surface area contributed by atoms with Crippen molar-refractivity contribution in [1.29, 1.82) is 0 Å². The number of halogens is 1. The average molecular weight is 291 g/mol. The first-order valence-electron chi connectivity index (χ1n) is 8.28. The molecule has 1 aromatic rings. The molecule has 0 bridgehead atoms. The predicted octanol–water partition coefficient (Wildman–Crippen LogP) is 4.86. The molecule has 1 fully saturated rings. The fourth-order valence-electron chi connectivity index (χ4n) is 3.69. The number of rotatable bonds is 3. The normalized spacial score (nSPS) is 24.9. The van der Waals surface area contributed by atoms with E-state index in [9.17, 15) is 4.39 Å². The molecule has 2 N–H and O–H groups in total. The van der Waals surface area contributed by atoms with E-state index in [-0.39, 0.29) is 11.9 Å². The quantitative estimate of drug-likeness (QED) is 0.846. The Hall–Kier alpha value is -0.890. The van der Waals surface area contributed by atoms with Crippen molar-refractivity contribution in [2.75, 3.05) is 0 Å². The lowest BCUT2D eigenvalue weighted by atomic mass is 9.68. The van der Waals surface area contributed by atoms with Gasteiger partial charge in [-0.15, -0.1) is 0 Å². The van der Waals surface area contributed by atoms with Crippen molar-refractivity contribution in [3.05, 3.63) is 35.1 Å². The summed E-state index contributed by atoms with van der Waals surface area (Å²) >= 11 is 0. The summed E-state index contributed by atoms with van der Waals surface area (Å²) in [5, 5.41) is 0. The minimum absolute atomic E-state index is 0.153. The van der Waals surface area contributed by atoms with Crippen LogP contribution in [0.15, 0.2) is 18.2 Å². The maximum absolute atomic E-state index is 13.4. The van der Waals surface area contributed by atoms with Crippen molar-refractivity contribution in [1.82, 2.24) is 0 Å². The minimum Gasteiger partial charge on any atom is -0.327 e. The number of hydrogen-bond acceptors (Lipinski definition) is 1. The molecule has 2 heteroatoms. The van der Waals surface area contributed by atoms with Gasteiger partial charge >= 0.3 is 0 Å². The van der Waals surface area contributed by atoms with Crippen molar-refractivity contribution in [3.8, 4) is 0 Å². The third-order valence-corrected chi connectivity index (χ3v) is 5.37. The van der Waals surface area contributed by atoms with Crippen LogP contribution >= 0.6 is 0 Å². The Balaban J connectivity index is 1.93. The van der Waals surface area contributed by atoms with Gasteiger partial charge in [-0.25, -0.2) is 4.39 Å². The van der Waals surface area contributed by atoms with Crippen LogP contribution in [-0.4, -0.2) is 6.04 Å². The molecule has 0 spiro atoms. The van der Waals surface area contributed by atoms with Gasteiger partial charge in [0.25, 0.3) is 0 Å². The van der Waals surface area contributed by atoms with Gasteiger partial charge < -0.3 is 5.73 Å².